The normalized spacial score (nSPS) is 14.5. The van der Waals surface area contributed by atoms with Gasteiger partial charge in [0.15, 0.2) is 0 Å². The van der Waals surface area contributed by atoms with E-state index in [1.807, 2.05) is 0 Å². The maximum Gasteiger partial charge on any atom is 0.432 e. The first kappa shape index (κ1) is 23.7. The van der Waals surface area contributed by atoms with E-state index in [0.717, 1.165) is 19.2 Å². The zero-order valence-electron chi connectivity index (χ0n) is 16.2. The molecule has 0 fully saturated rings. The molecule has 2 rings (SSSR count). The minimum atomic E-state index is -5.11. The fourth-order valence-electron chi connectivity index (χ4n) is 2.89. The molecule has 1 unspecified atom stereocenters. The summed E-state index contributed by atoms with van der Waals surface area (Å²) in [7, 11) is 0.768. The standard InChI is InChI=1S/C21H20ClF3O5/c1-3-29-18(26)17(14-9-11-16(22)12-10-14)13-30-19(27)20(28-2,21(23,24)25)15-7-5-4-6-8-15/h4-12,17H,3,13H2,1-2H3/t17?,20-/m1/s1. The number of alkyl halides is 3. The Hall–Kier alpha value is -2.58. The Labute approximate surface area is 176 Å². The molecule has 0 aliphatic heterocycles. The maximum atomic E-state index is 14.0. The van der Waals surface area contributed by atoms with Gasteiger partial charge in [0.2, 0.25) is 0 Å². The molecule has 2 aromatic rings. The Kier molecular flexibility index (Phi) is 7.86. The summed E-state index contributed by atoms with van der Waals surface area (Å²) in [6, 6.07) is 12.4. The van der Waals surface area contributed by atoms with Crippen molar-refractivity contribution < 1.29 is 37.0 Å². The topological polar surface area (TPSA) is 61.8 Å². The van der Waals surface area contributed by atoms with Crippen LogP contribution in [0.3, 0.4) is 0 Å². The van der Waals surface area contributed by atoms with Crippen molar-refractivity contribution >= 4 is 23.5 Å². The van der Waals surface area contributed by atoms with E-state index in [9.17, 15) is 22.8 Å². The van der Waals surface area contributed by atoms with Crippen molar-refractivity contribution in [3.8, 4) is 0 Å². The first-order valence-electron chi connectivity index (χ1n) is 8.94. The molecule has 2 atom stereocenters. The van der Waals surface area contributed by atoms with Crippen LogP contribution in [-0.4, -0.2) is 38.4 Å². The largest absolute Gasteiger partial charge is 0.465 e. The van der Waals surface area contributed by atoms with Crippen molar-refractivity contribution in [2.75, 3.05) is 20.3 Å². The quantitative estimate of drug-likeness (QED) is 0.555. The van der Waals surface area contributed by atoms with Crippen LogP contribution >= 0.6 is 11.6 Å². The highest BCUT2D eigenvalue weighted by molar-refractivity contribution is 6.30. The minimum Gasteiger partial charge on any atom is -0.465 e. The summed E-state index contributed by atoms with van der Waals surface area (Å²) < 4.78 is 56.5. The second kappa shape index (κ2) is 9.95. The number of hydrogen-bond donors (Lipinski definition) is 0. The molecule has 9 heteroatoms. The van der Waals surface area contributed by atoms with Crippen LogP contribution in [0.15, 0.2) is 54.6 Å². The predicted octanol–water partition coefficient (Wildman–Crippen LogP) is 4.63. The summed E-state index contributed by atoms with van der Waals surface area (Å²) in [5, 5.41) is 0.401. The number of benzene rings is 2. The van der Waals surface area contributed by atoms with Crippen molar-refractivity contribution in [3.63, 3.8) is 0 Å². The van der Waals surface area contributed by atoms with Gasteiger partial charge in [0.05, 0.1) is 6.61 Å². The second-order valence-corrected chi connectivity index (χ2v) is 6.64. The second-order valence-electron chi connectivity index (χ2n) is 6.20. The van der Waals surface area contributed by atoms with Crippen LogP contribution in [0.2, 0.25) is 5.02 Å². The third kappa shape index (κ3) is 4.94. The summed E-state index contributed by atoms with van der Waals surface area (Å²) in [6.07, 6.45) is -5.11. The van der Waals surface area contributed by atoms with Crippen molar-refractivity contribution in [3.05, 3.63) is 70.7 Å². The molecule has 0 saturated carbocycles. The molecule has 0 aliphatic carbocycles. The summed E-state index contributed by atoms with van der Waals surface area (Å²) >= 11 is 5.84. The molecule has 0 heterocycles. The van der Waals surface area contributed by atoms with Crippen LogP contribution < -0.4 is 0 Å². The van der Waals surface area contributed by atoms with E-state index >= 15 is 0 Å². The molecule has 0 radical (unpaired) electrons. The van der Waals surface area contributed by atoms with Crippen LogP contribution in [-0.2, 0) is 29.4 Å². The molecule has 5 nitrogen and oxygen atoms in total. The van der Waals surface area contributed by atoms with E-state index < -0.39 is 41.8 Å². The molecule has 0 aromatic heterocycles. The molecular weight excluding hydrogens is 425 g/mol. The van der Waals surface area contributed by atoms with Crippen LogP contribution in [0.1, 0.15) is 24.0 Å². The van der Waals surface area contributed by atoms with Gasteiger partial charge in [-0.1, -0.05) is 54.1 Å². The molecule has 2 aromatic carbocycles. The highest BCUT2D eigenvalue weighted by Gasteiger charge is 2.64. The highest BCUT2D eigenvalue weighted by atomic mass is 35.5. The fourth-order valence-corrected chi connectivity index (χ4v) is 3.01. The molecule has 0 spiro atoms. The summed E-state index contributed by atoms with van der Waals surface area (Å²) in [5.74, 6) is -3.57. The predicted molar refractivity (Wildman–Crippen MR) is 103 cm³/mol. The van der Waals surface area contributed by atoms with Gasteiger partial charge in [0, 0.05) is 17.7 Å². The number of carbonyl (C=O) groups excluding carboxylic acids is 2. The first-order valence-corrected chi connectivity index (χ1v) is 9.31. The van der Waals surface area contributed by atoms with Gasteiger partial charge in [0.25, 0.3) is 5.60 Å². The average Bonchev–Trinajstić information content (AvgIpc) is 2.70. The Balaban J connectivity index is 2.35. The maximum absolute atomic E-state index is 14.0. The zero-order valence-corrected chi connectivity index (χ0v) is 17.0. The van der Waals surface area contributed by atoms with Crippen molar-refractivity contribution in [2.24, 2.45) is 0 Å². The number of esters is 2. The van der Waals surface area contributed by atoms with Gasteiger partial charge in [0.1, 0.15) is 12.5 Å². The lowest BCUT2D eigenvalue weighted by Crippen LogP contribution is -2.52. The van der Waals surface area contributed by atoms with Crippen LogP contribution in [0.5, 0.6) is 0 Å². The van der Waals surface area contributed by atoms with Crippen molar-refractivity contribution in [1.82, 2.24) is 0 Å². The summed E-state index contributed by atoms with van der Waals surface area (Å²) in [5.41, 5.74) is -3.41. The Bertz CT molecular complexity index is 855. The zero-order chi connectivity index (χ0) is 22.4. The number of ether oxygens (including phenoxy) is 3. The third-order valence-corrected chi connectivity index (χ3v) is 4.65. The van der Waals surface area contributed by atoms with Gasteiger partial charge in [-0.15, -0.1) is 0 Å². The Morgan fingerprint density at radius 1 is 1.00 bits per heavy atom. The van der Waals surface area contributed by atoms with E-state index in [1.165, 1.54) is 42.5 Å². The average molecular weight is 445 g/mol. The summed E-state index contributed by atoms with van der Waals surface area (Å²) in [4.78, 5) is 25.0. The molecular formula is C21H20ClF3O5. The number of carbonyl (C=O) groups is 2. The lowest BCUT2D eigenvalue weighted by atomic mass is 9.92. The van der Waals surface area contributed by atoms with E-state index in [-0.39, 0.29) is 6.61 Å². The number of methoxy groups -OCH3 is 1. The van der Waals surface area contributed by atoms with Crippen LogP contribution in [0.25, 0.3) is 0 Å². The lowest BCUT2D eigenvalue weighted by Gasteiger charge is -2.32. The number of rotatable bonds is 8. The molecule has 0 aliphatic rings. The Morgan fingerprint density at radius 2 is 1.60 bits per heavy atom. The van der Waals surface area contributed by atoms with Gasteiger partial charge in [-0.2, -0.15) is 13.2 Å². The molecule has 0 N–H and O–H groups in total. The smallest absolute Gasteiger partial charge is 0.432 e. The van der Waals surface area contributed by atoms with Gasteiger partial charge < -0.3 is 14.2 Å². The molecule has 30 heavy (non-hydrogen) atoms. The summed E-state index contributed by atoms with van der Waals surface area (Å²) in [6.45, 7) is 0.955. The lowest BCUT2D eigenvalue weighted by molar-refractivity contribution is -0.276. The van der Waals surface area contributed by atoms with E-state index in [1.54, 1.807) is 6.92 Å². The van der Waals surface area contributed by atoms with Crippen LogP contribution in [0, 0.1) is 0 Å². The van der Waals surface area contributed by atoms with Crippen molar-refractivity contribution in [1.29, 1.82) is 0 Å². The van der Waals surface area contributed by atoms with Crippen LogP contribution in [0.4, 0.5) is 13.2 Å². The molecule has 0 saturated heterocycles. The highest BCUT2D eigenvalue weighted by Crippen LogP contribution is 2.43. The molecule has 162 valence electrons. The van der Waals surface area contributed by atoms with Gasteiger partial charge in [-0.05, 0) is 24.6 Å². The Morgan fingerprint density at radius 3 is 2.10 bits per heavy atom. The van der Waals surface area contributed by atoms with Gasteiger partial charge in [-0.25, -0.2) is 4.79 Å². The first-order chi connectivity index (χ1) is 14.2. The van der Waals surface area contributed by atoms with E-state index in [2.05, 4.69) is 4.74 Å². The number of halogens is 4. The third-order valence-electron chi connectivity index (χ3n) is 4.40. The van der Waals surface area contributed by atoms with E-state index in [4.69, 9.17) is 21.1 Å². The monoisotopic (exact) mass is 444 g/mol. The van der Waals surface area contributed by atoms with E-state index in [0.29, 0.717) is 10.6 Å². The van der Waals surface area contributed by atoms with Gasteiger partial charge >= 0.3 is 18.1 Å². The number of hydrogen-bond acceptors (Lipinski definition) is 5. The van der Waals surface area contributed by atoms with Crippen molar-refractivity contribution in [2.45, 2.75) is 24.6 Å². The van der Waals surface area contributed by atoms with Gasteiger partial charge in [-0.3, -0.25) is 4.79 Å². The molecule has 0 bridgehead atoms. The SMILES string of the molecule is CCOC(=O)C(COC(=O)[C@](OC)(c1ccccc1)C(F)(F)F)c1ccc(Cl)cc1. The molecule has 0 amide bonds. The fraction of sp³-hybridized carbons (Fsp3) is 0.333. The minimum absolute atomic E-state index is 0.0471.